The van der Waals surface area contributed by atoms with E-state index in [9.17, 15) is 0 Å². The fraction of sp³-hybridized carbons (Fsp3) is 0.769. The van der Waals surface area contributed by atoms with E-state index in [0.29, 0.717) is 6.10 Å². The lowest BCUT2D eigenvalue weighted by molar-refractivity contribution is 0.0995. The monoisotopic (exact) mass is 237 g/mol. The number of imidazole rings is 1. The van der Waals surface area contributed by atoms with E-state index in [1.54, 1.807) is 6.33 Å². The molecule has 4 nitrogen and oxygen atoms in total. The Labute approximate surface area is 103 Å². The van der Waals surface area contributed by atoms with Crippen molar-refractivity contribution in [2.75, 3.05) is 20.2 Å². The Morgan fingerprint density at radius 1 is 1.59 bits per heavy atom. The van der Waals surface area contributed by atoms with E-state index < -0.39 is 0 Å². The normalized spacial score (nSPS) is 20.3. The molecule has 2 rings (SSSR count). The summed E-state index contributed by atoms with van der Waals surface area (Å²) in [7, 11) is 2.16. The number of hydrogen-bond donors (Lipinski definition) is 1. The Balaban J connectivity index is 1.63. The van der Waals surface area contributed by atoms with E-state index >= 15 is 0 Å². The summed E-state index contributed by atoms with van der Waals surface area (Å²) in [4.78, 5) is 9.77. The second-order valence-electron chi connectivity index (χ2n) is 4.99. The first-order valence-corrected chi connectivity index (χ1v) is 6.54. The molecule has 2 heterocycles. The molecule has 0 unspecified atom stereocenters. The van der Waals surface area contributed by atoms with Crippen LogP contribution in [0.15, 0.2) is 6.33 Å². The van der Waals surface area contributed by atoms with Crippen LogP contribution in [0.2, 0.25) is 0 Å². The third-order valence-corrected chi connectivity index (χ3v) is 3.44. The third kappa shape index (κ3) is 3.82. The lowest BCUT2D eigenvalue weighted by Gasteiger charge is -2.17. The third-order valence-electron chi connectivity index (χ3n) is 3.44. The summed E-state index contributed by atoms with van der Waals surface area (Å²) in [6, 6.07) is 0. The van der Waals surface area contributed by atoms with Gasteiger partial charge >= 0.3 is 0 Å². The van der Waals surface area contributed by atoms with Crippen LogP contribution in [0.3, 0.4) is 0 Å². The number of hydrogen-bond acceptors (Lipinski definition) is 3. The number of aryl methyl sites for hydroxylation is 1. The van der Waals surface area contributed by atoms with E-state index in [-0.39, 0.29) is 0 Å². The number of nitrogens with zero attached hydrogens (tertiary/aromatic N) is 2. The predicted molar refractivity (Wildman–Crippen MR) is 67.9 cm³/mol. The zero-order valence-corrected chi connectivity index (χ0v) is 10.9. The van der Waals surface area contributed by atoms with Gasteiger partial charge in [-0.15, -0.1) is 0 Å². The molecule has 0 aromatic carbocycles. The van der Waals surface area contributed by atoms with Crippen LogP contribution < -0.4 is 0 Å². The van der Waals surface area contributed by atoms with Gasteiger partial charge in [-0.1, -0.05) is 0 Å². The molecule has 1 aromatic heterocycles. The lowest BCUT2D eigenvalue weighted by Crippen LogP contribution is -2.21. The van der Waals surface area contributed by atoms with E-state index in [2.05, 4.69) is 28.8 Å². The zero-order chi connectivity index (χ0) is 12.1. The topological polar surface area (TPSA) is 41.2 Å². The van der Waals surface area contributed by atoms with Gasteiger partial charge in [-0.25, -0.2) is 4.98 Å². The maximum absolute atomic E-state index is 5.62. The molecule has 4 heteroatoms. The van der Waals surface area contributed by atoms with Crippen molar-refractivity contribution in [1.82, 2.24) is 14.9 Å². The summed E-state index contributed by atoms with van der Waals surface area (Å²) in [5.41, 5.74) is 2.33. The molecule has 1 aliphatic heterocycles. The van der Waals surface area contributed by atoms with Crippen molar-refractivity contribution < 1.29 is 4.74 Å². The van der Waals surface area contributed by atoms with Gasteiger partial charge in [-0.3, -0.25) is 0 Å². The highest BCUT2D eigenvalue weighted by molar-refractivity contribution is 5.07. The van der Waals surface area contributed by atoms with Gasteiger partial charge in [-0.2, -0.15) is 0 Å². The number of nitrogens with one attached hydrogen (secondary N) is 1. The van der Waals surface area contributed by atoms with E-state index in [4.69, 9.17) is 4.74 Å². The van der Waals surface area contributed by atoms with Crippen LogP contribution in [0.1, 0.15) is 37.1 Å². The van der Waals surface area contributed by atoms with Crippen LogP contribution in [0.4, 0.5) is 0 Å². The largest absolute Gasteiger partial charge is 0.378 e. The minimum atomic E-state index is 0.524. The highest BCUT2D eigenvalue weighted by atomic mass is 16.5. The second kappa shape index (κ2) is 6.17. The Hall–Kier alpha value is -0.870. The molecule has 0 saturated carbocycles. The molecule has 17 heavy (non-hydrogen) atoms. The van der Waals surface area contributed by atoms with Crippen molar-refractivity contribution in [2.24, 2.45) is 0 Å². The van der Waals surface area contributed by atoms with Crippen molar-refractivity contribution in [2.45, 2.75) is 45.3 Å². The number of H-pyrrole nitrogens is 1. The highest BCUT2D eigenvalue weighted by Gasteiger charge is 2.15. The van der Waals surface area contributed by atoms with E-state index in [1.165, 1.54) is 31.4 Å². The average Bonchev–Trinajstić information content (AvgIpc) is 2.92. The average molecular weight is 237 g/mol. The first kappa shape index (κ1) is 12.6. The van der Waals surface area contributed by atoms with Crippen LogP contribution in [0.5, 0.6) is 0 Å². The predicted octanol–water partition coefficient (Wildman–Crippen LogP) is 2.11. The number of ether oxygens (including phenoxy) is 1. The van der Waals surface area contributed by atoms with E-state index in [1.807, 2.05) is 0 Å². The lowest BCUT2D eigenvalue weighted by atomic mass is 10.1. The first-order valence-electron chi connectivity index (χ1n) is 6.54. The van der Waals surface area contributed by atoms with Gasteiger partial charge in [0.2, 0.25) is 0 Å². The quantitative estimate of drug-likeness (QED) is 0.824. The molecule has 1 fully saturated rings. The number of rotatable bonds is 6. The van der Waals surface area contributed by atoms with Crippen LogP contribution in [-0.4, -0.2) is 41.2 Å². The zero-order valence-electron chi connectivity index (χ0n) is 10.9. The van der Waals surface area contributed by atoms with E-state index in [0.717, 1.165) is 25.4 Å². The summed E-state index contributed by atoms with van der Waals surface area (Å²) in [5.74, 6) is 0. The van der Waals surface area contributed by atoms with Crippen LogP contribution in [-0.2, 0) is 11.3 Å². The Morgan fingerprint density at radius 2 is 2.47 bits per heavy atom. The SMILES string of the molecule is Cc1[nH]cnc1CN(C)CCC[C@@H]1CCCO1. The Bertz CT molecular complexity index is 331. The number of aromatic nitrogens is 2. The summed E-state index contributed by atoms with van der Waals surface area (Å²) < 4.78 is 5.62. The maximum Gasteiger partial charge on any atom is 0.0925 e. The second-order valence-corrected chi connectivity index (χ2v) is 4.99. The van der Waals surface area contributed by atoms with Gasteiger partial charge in [0.25, 0.3) is 0 Å². The summed E-state index contributed by atoms with van der Waals surface area (Å²) >= 11 is 0. The fourth-order valence-corrected chi connectivity index (χ4v) is 2.34. The van der Waals surface area contributed by atoms with Crippen LogP contribution in [0.25, 0.3) is 0 Å². The van der Waals surface area contributed by atoms with Gasteiger partial charge in [0.15, 0.2) is 0 Å². The highest BCUT2D eigenvalue weighted by Crippen LogP contribution is 2.17. The molecule has 0 bridgehead atoms. The molecule has 96 valence electrons. The van der Waals surface area contributed by atoms with Crippen LogP contribution in [0, 0.1) is 6.92 Å². The standard InChI is InChI=1S/C13H23N3O/c1-11-13(15-10-14-11)9-16(2)7-3-5-12-6-4-8-17-12/h10,12H,3-9H2,1-2H3,(H,14,15)/t12-/m1/s1. The molecule has 1 saturated heterocycles. The molecule has 1 atom stereocenters. The van der Waals surface area contributed by atoms with Gasteiger partial charge < -0.3 is 14.6 Å². The van der Waals surface area contributed by atoms with Gasteiger partial charge in [0, 0.05) is 18.8 Å². The molecule has 0 aliphatic carbocycles. The van der Waals surface area contributed by atoms with Crippen LogP contribution >= 0.6 is 0 Å². The van der Waals surface area contributed by atoms with Gasteiger partial charge in [0.1, 0.15) is 0 Å². The minimum absolute atomic E-state index is 0.524. The first-order chi connectivity index (χ1) is 8.25. The molecular weight excluding hydrogens is 214 g/mol. The van der Waals surface area contributed by atoms with Gasteiger partial charge in [-0.05, 0) is 46.2 Å². The molecule has 0 radical (unpaired) electrons. The molecule has 0 amide bonds. The Morgan fingerprint density at radius 3 is 3.12 bits per heavy atom. The summed E-state index contributed by atoms with van der Waals surface area (Å²) in [6.07, 6.45) is 7.20. The van der Waals surface area contributed by atoms with Crippen molar-refractivity contribution in [1.29, 1.82) is 0 Å². The molecule has 1 aliphatic rings. The van der Waals surface area contributed by atoms with Crippen molar-refractivity contribution in [3.63, 3.8) is 0 Å². The molecule has 0 spiro atoms. The van der Waals surface area contributed by atoms with Crippen molar-refractivity contribution >= 4 is 0 Å². The molecular formula is C13H23N3O. The Kier molecular flexibility index (Phi) is 4.57. The minimum Gasteiger partial charge on any atom is -0.378 e. The molecule has 1 aromatic rings. The maximum atomic E-state index is 5.62. The fourth-order valence-electron chi connectivity index (χ4n) is 2.34. The summed E-state index contributed by atoms with van der Waals surface area (Å²) in [5, 5.41) is 0. The number of aromatic amines is 1. The molecule has 1 N–H and O–H groups in total. The van der Waals surface area contributed by atoms with Crippen molar-refractivity contribution in [3.05, 3.63) is 17.7 Å². The smallest absolute Gasteiger partial charge is 0.0925 e. The van der Waals surface area contributed by atoms with Crippen molar-refractivity contribution in [3.8, 4) is 0 Å². The summed E-state index contributed by atoms with van der Waals surface area (Å²) in [6.45, 7) is 5.09. The van der Waals surface area contributed by atoms with Gasteiger partial charge in [0.05, 0.1) is 18.1 Å².